The molecule has 0 spiro atoms. The maximum absolute atomic E-state index is 13.7. The molecule has 2 aromatic carbocycles. The molecule has 2 aromatic rings. The van der Waals surface area contributed by atoms with E-state index < -0.39 is 35.5 Å². The van der Waals surface area contributed by atoms with Crippen molar-refractivity contribution in [2.24, 2.45) is 0 Å². The van der Waals surface area contributed by atoms with Gasteiger partial charge in [0.1, 0.15) is 11.3 Å². The zero-order chi connectivity index (χ0) is 25.9. The molecule has 0 aliphatic carbocycles. The Morgan fingerprint density at radius 2 is 1.72 bits per heavy atom. The highest BCUT2D eigenvalue weighted by Gasteiger charge is 2.52. The molecule has 10 nitrogen and oxygen atoms in total. The molecule has 0 saturated carbocycles. The van der Waals surface area contributed by atoms with Gasteiger partial charge in [0.05, 0.1) is 37.6 Å². The molecule has 1 fully saturated rings. The number of nitrogens with zero attached hydrogens (tertiary/aromatic N) is 1. The second kappa shape index (κ2) is 10.1. The maximum atomic E-state index is 13.7. The fraction of sp³-hybridized carbons (Fsp3) is 0.308. The van der Waals surface area contributed by atoms with Gasteiger partial charge in [0, 0.05) is 0 Å². The van der Waals surface area contributed by atoms with Crippen LogP contribution in [0, 0.1) is 0 Å². The Morgan fingerprint density at radius 3 is 2.33 bits per heavy atom. The summed E-state index contributed by atoms with van der Waals surface area (Å²) in [6.07, 6.45) is 0.296. The van der Waals surface area contributed by atoms with E-state index in [1.807, 2.05) is 6.07 Å². The number of methoxy groups -OCH3 is 1. The number of imide groups is 1. The Bertz CT molecular complexity index is 1210. The van der Waals surface area contributed by atoms with Crippen LogP contribution in [0.15, 0.2) is 65.9 Å². The number of amides is 5. The summed E-state index contributed by atoms with van der Waals surface area (Å²) in [6.45, 7) is 3.28. The first kappa shape index (κ1) is 24.8. The SMILES string of the molecule is CCOC(=O)C1=C(CN2C(=O)N[C@@](CC)(c3ccc(OC)cc3)C2=O)NC(=O)N[C@H]1c1ccccc1. The molecule has 5 amide bonds. The Kier molecular flexibility index (Phi) is 6.96. The molecule has 4 rings (SSSR count). The smallest absolute Gasteiger partial charge is 0.338 e. The summed E-state index contributed by atoms with van der Waals surface area (Å²) in [7, 11) is 1.54. The number of rotatable bonds is 8. The molecule has 188 valence electrons. The van der Waals surface area contributed by atoms with E-state index in [1.54, 1.807) is 69.5 Å². The Morgan fingerprint density at radius 1 is 1.03 bits per heavy atom. The number of esters is 1. The van der Waals surface area contributed by atoms with Gasteiger partial charge in [-0.2, -0.15) is 0 Å². The van der Waals surface area contributed by atoms with Gasteiger partial charge in [-0.1, -0.05) is 49.4 Å². The van der Waals surface area contributed by atoms with Crippen LogP contribution in [0.4, 0.5) is 9.59 Å². The lowest BCUT2D eigenvalue weighted by molar-refractivity contribution is -0.139. The molecule has 0 aromatic heterocycles. The van der Waals surface area contributed by atoms with Gasteiger partial charge in [-0.15, -0.1) is 0 Å². The van der Waals surface area contributed by atoms with Crippen LogP contribution >= 0.6 is 0 Å². The van der Waals surface area contributed by atoms with Crippen molar-refractivity contribution in [3.8, 4) is 5.75 Å². The van der Waals surface area contributed by atoms with Crippen molar-refractivity contribution in [2.75, 3.05) is 20.3 Å². The first-order valence-corrected chi connectivity index (χ1v) is 11.7. The number of ether oxygens (including phenoxy) is 2. The Hall–Kier alpha value is -4.34. The standard InChI is InChI=1S/C26H28N4O6/c1-4-26(17-11-13-18(35-3)14-12-17)23(32)30(25(34)29-26)15-19-20(22(31)36-5-2)21(28-24(33)27-19)16-9-7-6-8-10-16/h6-14,21H,4-5,15H2,1-3H3,(H,29,34)(H2,27,28,33)/t21-,26-/m0/s1. The molecular formula is C26H28N4O6. The molecule has 1 saturated heterocycles. The predicted molar refractivity (Wildman–Crippen MR) is 130 cm³/mol. The van der Waals surface area contributed by atoms with Gasteiger partial charge in [0.25, 0.3) is 5.91 Å². The minimum absolute atomic E-state index is 0.116. The van der Waals surface area contributed by atoms with Crippen LogP contribution in [0.5, 0.6) is 5.75 Å². The van der Waals surface area contributed by atoms with Crippen molar-refractivity contribution < 1.29 is 28.7 Å². The third-order valence-electron chi connectivity index (χ3n) is 6.39. The quantitative estimate of drug-likeness (QED) is 0.384. The molecule has 2 aliphatic heterocycles. The van der Waals surface area contributed by atoms with E-state index in [9.17, 15) is 19.2 Å². The zero-order valence-electron chi connectivity index (χ0n) is 20.3. The number of carbonyl (C=O) groups is 4. The summed E-state index contributed by atoms with van der Waals surface area (Å²) in [5.74, 6) is -0.523. The summed E-state index contributed by atoms with van der Waals surface area (Å²) >= 11 is 0. The van der Waals surface area contributed by atoms with E-state index in [2.05, 4.69) is 16.0 Å². The second-order valence-corrected chi connectivity index (χ2v) is 8.36. The monoisotopic (exact) mass is 492 g/mol. The zero-order valence-corrected chi connectivity index (χ0v) is 20.3. The van der Waals surface area contributed by atoms with Crippen LogP contribution in [-0.4, -0.2) is 49.1 Å². The summed E-state index contributed by atoms with van der Waals surface area (Å²) in [6, 6.07) is 13.8. The van der Waals surface area contributed by atoms with Crippen molar-refractivity contribution in [1.82, 2.24) is 20.9 Å². The molecule has 0 bridgehead atoms. The van der Waals surface area contributed by atoms with Crippen molar-refractivity contribution in [3.63, 3.8) is 0 Å². The van der Waals surface area contributed by atoms with Gasteiger partial charge in [-0.05, 0) is 36.6 Å². The van der Waals surface area contributed by atoms with Crippen LogP contribution in [0.2, 0.25) is 0 Å². The third-order valence-corrected chi connectivity index (χ3v) is 6.39. The summed E-state index contributed by atoms with van der Waals surface area (Å²) < 4.78 is 10.5. The molecule has 2 aliphatic rings. The van der Waals surface area contributed by atoms with Gasteiger partial charge in [-0.25, -0.2) is 14.4 Å². The maximum Gasteiger partial charge on any atom is 0.338 e. The molecule has 36 heavy (non-hydrogen) atoms. The highest BCUT2D eigenvalue weighted by Crippen LogP contribution is 2.35. The minimum Gasteiger partial charge on any atom is -0.497 e. The van der Waals surface area contributed by atoms with Crippen LogP contribution < -0.4 is 20.7 Å². The normalized spacial score (nSPS) is 21.6. The topological polar surface area (TPSA) is 126 Å². The molecule has 2 atom stereocenters. The largest absolute Gasteiger partial charge is 0.497 e. The number of nitrogens with one attached hydrogen (secondary N) is 3. The van der Waals surface area contributed by atoms with E-state index in [4.69, 9.17) is 9.47 Å². The number of benzene rings is 2. The van der Waals surface area contributed by atoms with Crippen molar-refractivity contribution in [1.29, 1.82) is 0 Å². The van der Waals surface area contributed by atoms with E-state index in [0.29, 0.717) is 23.3 Å². The fourth-order valence-electron chi connectivity index (χ4n) is 4.53. The van der Waals surface area contributed by atoms with Crippen LogP contribution in [0.25, 0.3) is 0 Å². The number of hydrogen-bond donors (Lipinski definition) is 3. The minimum atomic E-state index is -1.29. The first-order valence-electron chi connectivity index (χ1n) is 11.7. The van der Waals surface area contributed by atoms with Crippen molar-refractivity contribution in [3.05, 3.63) is 77.0 Å². The lowest BCUT2D eigenvalue weighted by Crippen LogP contribution is -2.49. The van der Waals surface area contributed by atoms with Gasteiger partial charge >= 0.3 is 18.0 Å². The van der Waals surface area contributed by atoms with Crippen LogP contribution in [0.1, 0.15) is 37.4 Å². The van der Waals surface area contributed by atoms with Gasteiger partial charge in [0.2, 0.25) is 0 Å². The molecule has 0 radical (unpaired) electrons. The van der Waals surface area contributed by atoms with Gasteiger partial charge in [0.15, 0.2) is 0 Å². The number of urea groups is 2. The summed E-state index contributed by atoms with van der Waals surface area (Å²) in [5, 5.41) is 8.16. The summed E-state index contributed by atoms with van der Waals surface area (Å²) in [5.41, 5.74) is 0.218. The highest BCUT2D eigenvalue weighted by molar-refractivity contribution is 6.08. The van der Waals surface area contributed by atoms with Gasteiger partial charge < -0.3 is 25.4 Å². The summed E-state index contributed by atoms with van der Waals surface area (Å²) in [4.78, 5) is 53.3. The molecule has 3 N–H and O–H groups in total. The lowest BCUT2D eigenvalue weighted by atomic mass is 9.87. The highest BCUT2D eigenvalue weighted by atomic mass is 16.5. The van der Waals surface area contributed by atoms with Crippen molar-refractivity contribution in [2.45, 2.75) is 31.8 Å². The average molecular weight is 493 g/mol. The van der Waals surface area contributed by atoms with Crippen LogP contribution in [0.3, 0.4) is 0 Å². The average Bonchev–Trinajstić information content (AvgIpc) is 3.14. The number of hydrogen-bond acceptors (Lipinski definition) is 6. The Labute approximate surface area is 208 Å². The van der Waals surface area contributed by atoms with E-state index in [1.165, 1.54) is 0 Å². The van der Waals surface area contributed by atoms with Crippen LogP contribution in [-0.2, 0) is 19.9 Å². The van der Waals surface area contributed by atoms with E-state index in [0.717, 1.165) is 4.90 Å². The van der Waals surface area contributed by atoms with Gasteiger partial charge in [-0.3, -0.25) is 9.69 Å². The third kappa shape index (κ3) is 4.37. The lowest BCUT2D eigenvalue weighted by Gasteiger charge is -2.31. The molecule has 10 heteroatoms. The number of carbonyl (C=O) groups excluding carboxylic acids is 4. The molecular weight excluding hydrogens is 464 g/mol. The first-order chi connectivity index (χ1) is 17.3. The molecule has 2 heterocycles. The second-order valence-electron chi connectivity index (χ2n) is 8.36. The van der Waals surface area contributed by atoms with E-state index >= 15 is 0 Å². The fourth-order valence-corrected chi connectivity index (χ4v) is 4.53. The predicted octanol–water partition coefficient (Wildman–Crippen LogP) is 2.72. The molecule has 0 unspecified atom stereocenters. The Balaban J connectivity index is 1.73. The van der Waals surface area contributed by atoms with Crippen molar-refractivity contribution >= 4 is 23.9 Å². The van der Waals surface area contributed by atoms with E-state index in [-0.39, 0.29) is 24.4 Å².